The highest BCUT2D eigenvalue weighted by Crippen LogP contribution is 2.35. The molecular weight excluding hydrogens is 258 g/mol. The van der Waals surface area contributed by atoms with Crippen molar-refractivity contribution < 1.29 is 14.0 Å². The number of nitrogens with zero attached hydrogens (tertiary/aromatic N) is 2. The fraction of sp³-hybridized carbons (Fsp3) is 0.429. The molecule has 6 nitrogen and oxygen atoms in total. The van der Waals surface area contributed by atoms with E-state index in [9.17, 15) is 0 Å². The van der Waals surface area contributed by atoms with Gasteiger partial charge in [-0.1, -0.05) is 30.6 Å². The number of nitrogens with two attached hydrogens (primary N) is 1. The summed E-state index contributed by atoms with van der Waals surface area (Å²) in [6.45, 7) is 2.42. The number of benzene rings is 1. The van der Waals surface area contributed by atoms with Crippen LogP contribution < -0.4 is 15.2 Å². The average Bonchev–Trinajstić information content (AvgIpc) is 2.97. The molecule has 0 amide bonds. The van der Waals surface area contributed by atoms with Crippen molar-refractivity contribution in [2.75, 3.05) is 6.61 Å². The van der Waals surface area contributed by atoms with E-state index in [2.05, 4.69) is 17.1 Å². The predicted molar refractivity (Wildman–Crippen MR) is 71.4 cm³/mol. The van der Waals surface area contributed by atoms with Crippen molar-refractivity contribution in [3.63, 3.8) is 0 Å². The molecule has 2 atom stereocenters. The zero-order valence-electron chi connectivity index (χ0n) is 11.3. The average molecular weight is 275 g/mol. The Bertz CT molecular complexity index is 585. The number of ether oxygens (including phenoxy) is 2. The van der Waals surface area contributed by atoms with Crippen molar-refractivity contribution in [3.8, 4) is 11.5 Å². The first-order valence-electron chi connectivity index (χ1n) is 6.75. The lowest BCUT2D eigenvalue weighted by Gasteiger charge is -2.24. The molecule has 0 fully saturated rings. The zero-order valence-corrected chi connectivity index (χ0v) is 11.3. The molecule has 1 aliphatic heterocycles. The third-order valence-electron chi connectivity index (χ3n) is 3.17. The van der Waals surface area contributed by atoms with Crippen molar-refractivity contribution in [2.24, 2.45) is 5.73 Å². The second-order valence-electron chi connectivity index (χ2n) is 4.75. The third kappa shape index (κ3) is 2.46. The van der Waals surface area contributed by atoms with Gasteiger partial charge >= 0.3 is 0 Å². The molecule has 0 bridgehead atoms. The summed E-state index contributed by atoms with van der Waals surface area (Å²) in [5.41, 5.74) is 5.96. The van der Waals surface area contributed by atoms with Gasteiger partial charge in [0.05, 0.1) is 6.04 Å². The van der Waals surface area contributed by atoms with Crippen molar-refractivity contribution in [3.05, 3.63) is 36.0 Å². The molecule has 0 saturated carbocycles. The number of fused-ring (bicyclic) bond motifs is 1. The molecule has 0 radical (unpaired) electrons. The minimum Gasteiger partial charge on any atom is -0.485 e. The molecule has 20 heavy (non-hydrogen) atoms. The van der Waals surface area contributed by atoms with Gasteiger partial charge in [-0.2, -0.15) is 4.98 Å². The first-order chi connectivity index (χ1) is 9.78. The summed E-state index contributed by atoms with van der Waals surface area (Å²) in [5, 5.41) is 3.94. The van der Waals surface area contributed by atoms with E-state index in [1.807, 2.05) is 24.3 Å². The summed E-state index contributed by atoms with van der Waals surface area (Å²) >= 11 is 0. The Labute approximate surface area is 116 Å². The van der Waals surface area contributed by atoms with E-state index < -0.39 is 0 Å². The van der Waals surface area contributed by atoms with Crippen molar-refractivity contribution in [2.45, 2.75) is 31.9 Å². The van der Waals surface area contributed by atoms with E-state index in [4.69, 9.17) is 19.7 Å². The van der Waals surface area contributed by atoms with Crippen LogP contribution in [0.15, 0.2) is 28.8 Å². The molecule has 0 saturated heterocycles. The largest absolute Gasteiger partial charge is 0.485 e. The second-order valence-corrected chi connectivity index (χ2v) is 4.75. The van der Waals surface area contributed by atoms with Crippen LogP contribution in [0.1, 0.15) is 43.6 Å². The van der Waals surface area contributed by atoms with Crippen LogP contribution in [-0.2, 0) is 0 Å². The van der Waals surface area contributed by atoms with Gasteiger partial charge in [0.1, 0.15) is 6.61 Å². The standard InChI is InChI=1S/C14H17N3O3/c1-2-5-9(15)14-16-13(17-20-14)12-8-18-10-6-3-4-7-11(10)19-12/h3-4,6-7,9,12H,2,5,8,15H2,1H3. The van der Waals surface area contributed by atoms with Gasteiger partial charge < -0.3 is 19.7 Å². The predicted octanol–water partition coefficient (Wildman–Crippen LogP) is 2.38. The Kier molecular flexibility index (Phi) is 3.56. The van der Waals surface area contributed by atoms with Gasteiger partial charge in [0, 0.05) is 0 Å². The Hall–Kier alpha value is -2.08. The highest BCUT2D eigenvalue weighted by molar-refractivity contribution is 5.40. The summed E-state index contributed by atoms with van der Waals surface area (Å²) in [7, 11) is 0. The first-order valence-corrected chi connectivity index (χ1v) is 6.75. The molecule has 0 spiro atoms. The molecule has 2 unspecified atom stereocenters. The van der Waals surface area contributed by atoms with Crippen LogP contribution in [-0.4, -0.2) is 16.7 Å². The molecule has 1 aromatic heterocycles. The topological polar surface area (TPSA) is 83.4 Å². The Balaban J connectivity index is 1.75. The number of aromatic nitrogens is 2. The van der Waals surface area contributed by atoms with E-state index in [0.717, 1.165) is 18.6 Å². The fourth-order valence-electron chi connectivity index (χ4n) is 2.11. The maximum absolute atomic E-state index is 5.96. The molecule has 106 valence electrons. The lowest BCUT2D eigenvalue weighted by atomic mass is 10.2. The highest BCUT2D eigenvalue weighted by atomic mass is 16.6. The normalized spacial score (nSPS) is 18.8. The van der Waals surface area contributed by atoms with Crippen molar-refractivity contribution in [1.29, 1.82) is 0 Å². The molecule has 6 heteroatoms. The fourth-order valence-corrected chi connectivity index (χ4v) is 2.11. The zero-order chi connectivity index (χ0) is 13.9. The molecule has 2 aromatic rings. The van der Waals surface area contributed by atoms with Crippen LogP contribution in [0.4, 0.5) is 0 Å². The van der Waals surface area contributed by atoms with Crippen LogP contribution in [0.3, 0.4) is 0 Å². The van der Waals surface area contributed by atoms with Gasteiger partial charge in [-0.15, -0.1) is 0 Å². The summed E-state index contributed by atoms with van der Waals surface area (Å²) in [4.78, 5) is 4.32. The van der Waals surface area contributed by atoms with Gasteiger partial charge in [-0.3, -0.25) is 0 Å². The molecular formula is C14H17N3O3. The van der Waals surface area contributed by atoms with Crippen LogP contribution in [0.5, 0.6) is 11.5 Å². The quantitative estimate of drug-likeness (QED) is 0.922. The van der Waals surface area contributed by atoms with E-state index in [-0.39, 0.29) is 12.1 Å². The minimum absolute atomic E-state index is 0.224. The smallest absolute Gasteiger partial charge is 0.243 e. The summed E-state index contributed by atoms with van der Waals surface area (Å²) in [6.07, 6.45) is 1.41. The lowest BCUT2D eigenvalue weighted by Crippen LogP contribution is -2.22. The Morgan fingerprint density at radius 1 is 1.35 bits per heavy atom. The molecule has 2 heterocycles. The van der Waals surface area contributed by atoms with Crippen LogP contribution in [0.25, 0.3) is 0 Å². The SMILES string of the molecule is CCCC(N)c1nc(C2COc3ccccc3O2)no1. The van der Waals surface area contributed by atoms with Crippen LogP contribution in [0.2, 0.25) is 0 Å². The van der Waals surface area contributed by atoms with Crippen molar-refractivity contribution >= 4 is 0 Å². The van der Waals surface area contributed by atoms with Gasteiger partial charge in [0.15, 0.2) is 17.6 Å². The van der Waals surface area contributed by atoms with Gasteiger partial charge in [0.25, 0.3) is 0 Å². The minimum atomic E-state index is -0.365. The van der Waals surface area contributed by atoms with Crippen LogP contribution >= 0.6 is 0 Å². The Morgan fingerprint density at radius 3 is 2.95 bits per heavy atom. The summed E-state index contributed by atoms with van der Waals surface area (Å²) in [6, 6.07) is 7.29. The molecule has 3 rings (SSSR count). The van der Waals surface area contributed by atoms with Crippen molar-refractivity contribution in [1.82, 2.24) is 10.1 Å². The van der Waals surface area contributed by atoms with E-state index in [0.29, 0.717) is 24.1 Å². The molecule has 2 N–H and O–H groups in total. The van der Waals surface area contributed by atoms with Gasteiger partial charge in [0.2, 0.25) is 11.7 Å². The van der Waals surface area contributed by atoms with Crippen LogP contribution in [0, 0.1) is 0 Å². The highest BCUT2D eigenvalue weighted by Gasteiger charge is 2.27. The second kappa shape index (κ2) is 5.50. The Morgan fingerprint density at radius 2 is 2.15 bits per heavy atom. The number of rotatable bonds is 4. The van der Waals surface area contributed by atoms with E-state index in [1.54, 1.807) is 0 Å². The number of hydrogen-bond donors (Lipinski definition) is 1. The third-order valence-corrected chi connectivity index (χ3v) is 3.17. The number of para-hydroxylation sites is 2. The maximum Gasteiger partial charge on any atom is 0.243 e. The first kappa shape index (κ1) is 12.9. The lowest BCUT2D eigenvalue weighted by molar-refractivity contribution is 0.0832. The molecule has 0 aliphatic carbocycles. The monoisotopic (exact) mass is 275 g/mol. The van der Waals surface area contributed by atoms with E-state index >= 15 is 0 Å². The number of hydrogen-bond acceptors (Lipinski definition) is 6. The molecule has 1 aliphatic rings. The molecule has 1 aromatic carbocycles. The van der Waals surface area contributed by atoms with E-state index in [1.165, 1.54) is 0 Å². The summed E-state index contributed by atoms with van der Waals surface area (Å²) < 4.78 is 16.6. The summed E-state index contributed by atoms with van der Waals surface area (Å²) in [5.74, 6) is 2.34. The van der Waals surface area contributed by atoms with Gasteiger partial charge in [-0.25, -0.2) is 0 Å². The maximum atomic E-state index is 5.96. The van der Waals surface area contributed by atoms with Gasteiger partial charge in [-0.05, 0) is 18.6 Å².